The molecule has 0 bridgehead atoms. The fourth-order valence-corrected chi connectivity index (χ4v) is 2.25. The molecule has 3 rings (SSSR count). The first-order valence-corrected chi connectivity index (χ1v) is 7.07. The number of anilines is 1. The molecule has 6 heteroatoms. The average molecular weight is 313 g/mol. The summed E-state index contributed by atoms with van der Waals surface area (Å²) in [5.41, 5.74) is 1.42. The van der Waals surface area contributed by atoms with Crippen LogP contribution in [0, 0.1) is 0 Å². The maximum atomic E-state index is 12.0. The van der Waals surface area contributed by atoms with Crippen LogP contribution >= 0.6 is 11.6 Å². The molecule has 0 aliphatic carbocycles. The molecule has 0 radical (unpaired) electrons. The highest BCUT2D eigenvalue weighted by molar-refractivity contribution is 6.30. The Bertz CT molecular complexity index is 786. The van der Waals surface area contributed by atoms with Crippen LogP contribution in [0.5, 0.6) is 0 Å². The molecule has 0 saturated carbocycles. The predicted molar refractivity (Wildman–Crippen MR) is 85.0 cm³/mol. The second-order valence-corrected chi connectivity index (χ2v) is 5.17. The summed E-state index contributed by atoms with van der Waals surface area (Å²) in [6, 6.07) is 12.8. The second kappa shape index (κ2) is 6.41. The first kappa shape index (κ1) is 14.3. The van der Waals surface area contributed by atoms with E-state index in [-0.39, 0.29) is 5.91 Å². The van der Waals surface area contributed by atoms with Gasteiger partial charge in [-0.1, -0.05) is 29.8 Å². The summed E-state index contributed by atoms with van der Waals surface area (Å²) in [5, 5.41) is 3.41. The summed E-state index contributed by atoms with van der Waals surface area (Å²) < 4.78 is 1.87. The van der Waals surface area contributed by atoms with Crippen molar-refractivity contribution in [3.8, 4) is 0 Å². The van der Waals surface area contributed by atoms with Crippen LogP contribution in [0.3, 0.4) is 0 Å². The summed E-state index contributed by atoms with van der Waals surface area (Å²) in [5.74, 6) is 0.200. The Morgan fingerprint density at radius 2 is 2.09 bits per heavy atom. The monoisotopic (exact) mass is 312 g/mol. The minimum absolute atomic E-state index is 0.284. The van der Waals surface area contributed by atoms with E-state index in [0.29, 0.717) is 23.1 Å². The Kier molecular flexibility index (Phi) is 4.16. The number of imidazole rings is 1. The number of halogens is 1. The number of hydrogen-bond acceptors (Lipinski definition) is 3. The molecule has 110 valence electrons. The molecule has 0 atom stereocenters. The van der Waals surface area contributed by atoms with Gasteiger partial charge < -0.3 is 9.88 Å². The number of hydrogen-bond donors (Lipinski definition) is 1. The Balaban J connectivity index is 1.68. The first-order valence-electron chi connectivity index (χ1n) is 6.69. The van der Waals surface area contributed by atoms with Crippen LogP contribution in [0.2, 0.25) is 5.02 Å². The van der Waals surface area contributed by atoms with Crippen molar-refractivity contribution in [2.45, 2.75) is 6.54 Å². The van der Waals surface area contributed by atoms with E-state index in [1.54, 1.807) is 36.9 Å². The lowest BCUT2D eigenvalue weighted by atomic mass is 10.2. The van der Waals surface area contributed by atoms with Crippen LogP contribution in [-0.4, -0.2) is 20.4 Å². The van der Waals surface area contributed by atoms with Gasteiger partial charge in [-0.05, 0) is 29.8 Å². The molecule has 1 N–H and O–H groups in total. The van der Waals surface area contributed by atoms with Crippen LogP contribution in [0.25, 0.3) is 0 Å². The molecule has 0 saturated heterocycles. The van der Waals surface area contributed by atoms with Gasteiger partial charge in [0, 0.05) is 24.0 Å². The zero-order valence-corrected chi connectivity index (χ0v) is 12.4. The Morgan fingerprint density at radius 3 is 2.86 bits per heavy atom. The van der Waals surface area contributed by atoms with Crippen molar-refractivity contribution in [3.05, 3.63) is 77.5 Å². The van der Waals surface area contributed by atoms with Crippen molar-refractivity contribution < 1.29 is 4.79 Å². The van der Waals surface area contributed by atoms with Crippen LogP contribution < -0.4 is 5.32 Å². The Hall–Kier alpha value is -2.66. The van der Waals surface area contributed by atoms with Crippen molar-refractivity contribution in [1.29, 1.82) is 0 Å². The zero-order chi connectivity index (χ0) is 15.4. The Labute approximate surface area is 132 Å². The van der Waals surface area contributed by atoms with Crippen LogP contribution in [-0.2, 0) is 6.54 Å². The largest absolute Gasteiger partial charge is 0.331 e. The number of nitrogens with zero attached hydrogens (tertiary/aromatic N) is 3. The molecule has 0 spiro atoms. The number of rotatable bonds is 4. The number of aromatic nitrogens is 3. The number of pyridine rings is 1. The van der Waals surface area contributed by atoms with Gasteiger partial charge in [0.2, 0.25) is 0 Å². The van der Waals surface area contributed by atoms with E-state index >= 15 is 0 Å². The molecule has 0 fully saturated rings. The predicted octanol–water partition coefficient (Wildman–Crippen LogP) is 3.23. The second-order valence-electron chi connectivity index (χ2n) is 4.73. The molecule has 1 aromatic carbocycles. The summed E-state index contributed by atoms with van der Waals surface area (Å²) >= 11 is 5.96. The summed E-state index contributed by atoms with van der Waals surface area (Å²) in [6.07, 6.45) is 5.00. The van der Waals surface area contributed by atoms with Gasteiger partial charge in [0.05, 0.1) is 6.33 Å². The van der Waals surface area contributed by atoms with E-state index in [1.165, 1.54) is 0 Å². The van der Waals surface area contributed by atoms with Gasteiger partial charge in [-0.15, -0.1) is 0 Å². The van der Waals surface area contributed by atoms with E-state index in [4.69, 9.17) is 11.6 Å². The molecule has 2 aromatic heterocycles. The highest BCUT2D eigenvalue weighted by atomic mass is 35.5. The molecule has 3 aromatic rings. The third-order valence-electron chi connectivity index (χ3n) is 3.03. The summed E-state index contributed by atoms with van der Waals surface area (Å²) in [7, 11) is 0. The van der Waals surface area contributed by atoms with Gasteiger partial charge in [-0.2, -0.15) is 0 Å². The topological polar surface area (TPSA) is 59.8 Å². The molecule has 0 aliphatic heterocycles. The highest BCUT2D eigenvalue weighted by Crippen LogP contribution is 2.13. The summed E-state index contributed by atoms with van der Waals surface area (Å²) in [4.78, 5) is 20.2. The first-order chi connectivity index (χ1) is 10.7. The van der Waals surface area contributed by atoms with Gasteiger partial charge >= 0.3 is 0 Å². The van der Waals surface area contributed by atoms with Crippen LogP contribution in [0.1, 0.15) is 16.1 Å². The van der Waals surface area contributed by atoms with E-state index in [0.717, 1.165) is 5.56 Å². The lowest BCUT2D eigenvalue weighted by Crippen LogP contribution is -2.13. The van der Waals surface area contributed by atoms with E-state index in [1.807, 2.05) is 28.8 Å². The van der Waals surface area contributed by atoms with Crippen LogP contribution in [0.15, 0.2) is 61.2 Å². The fraction of sp³-hybridized carbons (Fsp3) is 0.0625. The minimum atomic E-state index is -0.284. The maximum absolute atomic E-state index is 12.0. The van der Waals surface area contributed by atoms with Crippen molar-refractivity contribution >= 4 is 23.3 Å². The lowest BCUT2D eigenvalue weighted by Gasteiger charge is -2.03. The van der Waals surface area contributed by atoms with Gasteiger partial charge in [0.25, 0.3) is 5.91 Å². The minimum Gasteiger partial charge on any atom is -0.331 e. The molecular formula is C16H13ClN4O. The third-order valence-corrected chi connectivity index (χ3v) is 3.26. The summed E-state index contributed by atoms with van der Waals surface area (Å²) in [6.45, 7) is 0.632. The number of benzene rings is 1. The molecule has 0 unspecified atom stereocenters. The quantitative estimate of drug-likeness (QED) is 0.804. The van der Waals surface area contributed by atoms with Crippen molar-refractivity contribution in [2.24, 2.45) is 0 Å². The molecule has 2 heterocycles. The number of carbonyl (C=O) groups is 1. The highest BCUT2D eigenvalue weighted by Gasteiger charge is 2.08. The normalized spacial score (nSPS) is 10.4. The van der Waals surface area contributed by atoms with Gasteiger partial charge in [0.1, 0.15) is 5.69 Å². The van der Waals surface area contributed by atoms with Gasteiger partial charge in [-0.3, -0.25) is 9.78 Å². The van der Waals surface area contributed by atoms with Crippen LogP contribution in [0.4, 0.5) is 5.82 Å². The Morgan fingerprint density at radius 1 is 1.18 bits per heavy atom. The fourth-order valence-electron chi connectivity index (χ4n) is 2.03. The molecule has 5 nitrogen and oxygen atoms in total. The van der Waals surface area contributed by atoms with E-state index in [2.05, 4.69) is 15.3 Å². The van der Waals surface area contributed by atoms with E-state index in [9.17, 15) is 4.79 Å². The van der Waals surface area contributed by atoms with E-state index < -0.39 is 0 Å². The van der Waals surface area contributed by atoms with Gasteiger partial charge in [-0.25, -0.2) is 4.98 Å². The number of carbonyl (C=O) groups excluding carboxylic acids is 1. The zero-order valence-electron chi connectivity index (χ0n) is 11.6. The molecule has 22 heavy (non-hydrogen) atoms. The van der Waals surface area contributed by atoms with Crippen molar-refractivity contribution in [2.75, 3.05) is 5.32 Å². The maximum Gasteiger partial charge on any atom is 0.275 e. The third kappa shape index (κ3) is 3.51. The standard InChI is InChI=1S/C16H13ClN4O/c17-13-5-3-4-12(8-13)9-21-10-15(19-11-21)20-16(22)14-6-1-2-7-18-14/h1-8,10-11H,9H2,(H,20,22). The smallest absolute Gasteiger partial charge is 0.275 e. The molecule has 0 aliphatic rings. The lowest BCUT2D eigenvalue weighted by molar-refractivity contribution is 0.102. The van der Waals surface area contributed by atoms with Crippen molar-refractivity contribution in [3.63, 3.8) is 0 Å². The SMILES string of the molecule is O=C(Nc1cn(Cc2cccc(Cl)c2)cn1)c1ccccn1. The molecular weight excluding hydrogens is 300 g/mol. The molecule has 1 amide bonds. The van der Waals surface area contributed by atoms with Crippen molar-refractivity contribution in [1.82, 2.24) is 14.5 Å². The number of nitrogens with one attached hydrogen (secondary N) is 1. The van der Waals surface area contributed by atoms with Gasteiger partial charge in [0.15, 0.2) is 5.82 Å². The number of amides is 1. The average Bonchev–Trinajstić information content (AvgIpc) is 2.95.